The third-order valence-electron chi connectivity index (χ3n) is 19.8. The van der Waals surface area contributed by atoms with E-state index in [0.29, 0.717) is 141 Å². The Morgan fingerprint density at radius 2 is 0.869 bits per heavy atom. The quantitative estimate of drug-likeness (QED) is 0.0345. The Labute approximate surface area is 509 Å². The molecule has 0 aromatic heterocycles. The van der Waals surface area contributed by atoms with Crippen molar-refractivity contribution in [1.82, 2.24) is 39.2 Å². The van der Waals surface area contributed by atoms with E-state index in [1.807, 2.05) is 13.8 Å². The Morgan fingerprint density at radius 1 is 0.500 bits per heavy atom. The van der Waals surface area contributed by atoms with Crippen LogP contribution in [0.2, 0.25) is 0 Å². The molecule has 0 radical (unpaired) electrons. The second-order valence-corrected chi connectivity index (χ2v) is 30.2. The Balaban J connectivity index is 0.678. The molecule has 4 spiro atoms. The predicted molar refractivity (Wildman–Crippen MR) is 320 cm³/mol. The molecule has 10 aliphatic rings. The molecular weight excluding hydrogens is 1160 g/mol. The molecule has 462 valence electrons. The number of nitrogens with zero attached hydrogens (tertiary/aromatic N) is 8. The topological polar surface area (TPSA) is 267 Å². The van der Waals surface area contributed by atoms with Gasteiger partial charge in [0.15, 0.2) is 0 Å². The van der Waals surface area contributed by atoms with E-state index in [1.54, 1.807) is 45.5 Å². The van der Waals surface area contributed by atoms with Crippen LogP contribution < -0.4 is 11.5 Å². The maximum Gasteiger partial charge on any atom is 0.334 e. The van der Waals surface area contributed by atoms with Crippen LogP contribution in [0.25, 0.3) is 0 Å². The number of imide groups is 6. The molecule has 4 aliphatic carbocycles. The molecule has 10 fully saturated rings. The summed E-state index contributed by atoms with van der Waals surface area (Å²) in [6, 6.07) is -2.64. The average Bonchev–Trinajstić information content (AvgIpc) is 1.61. The minimum Gasteiger partial charge on any atom is -0.393 e. The van der Waals surface area contributed by atoms with E-state index in [0.717, 1.165) is 50.0 Å². The van der Waals surface area contributed by atoms with Crippen molar-refractivity contribution in [1.29, 1.82) is 0 Å². The minimum absolute atomic E-state index is 0.0955. The Hall–Kier alpha value is -4.50. The first-order valence-electron chi connectivity index (χ1n) is 30.5. The Bertz CT molecular complexity index is 2520. The highest BCUT2D eigenvalue weighted by Crippen LogP contribution is 2.63. The van der Waals surface area contributed by atoms with E-state index >= 15 is 0 Å². The number of nitrogens with two attached hydrogens (primary N) is 2. The van der Waals surface area contributed by atoms with Gasteiger partial charge >= 0.3 is 24.1 Å². The van der Waals surface area contributed by atoms with Crippen LogP contribution in [-0.4, -0.2) is 212 Å². The highest BCUT2D eigenvalue weighted by atomic mass is 33.1. The van der Waals surface area contributed by atoms with Gasteiger partial charge in [-0.1, -0.05) is 48.3 Å². The number of carbonyl (C=O) groups is 10. The lowest BCUT2D eigenvalue weighted by Crippen LogP contribution is -2.66. The SMILES string of the molecule is CCCCN1C(=O)/C(=C(\N)SCCCSSCCCS/C(N)=C2/C(=O)N(CCCC)C(=O)N(C3CCC4(CC3)CC3(C4)C(=O)N(C)C(=O)N3C[C@@H]3CCOC3)C2=O)C(=O)N(C2CCC3(CC2)CC2(C3)C(=O)N(C)C(=O)N2C[C@@H]2CCOC2)C1=O. The van der Waals surface area contributed by atoms with Gasteiger partial charge in [-0.15, -0.1) is 23.5 Å². The van der Waals surface area contributed by atoms with Crippen molar-refractivity contribution in [2.75, 3.05) is 89.7 Å². The highest BCUT2D eigenvalue weighted by molar-refractivity contribution is 8.76. The van der Waals surface area contributed by atoms with Gasteiger partial charge in [-0.2, -0.15) is 0 Å². The molecular formula is C58H84N10O12S4. The summed E-state index contributed by atoms with van der Waals surface area (Å²) in [6.45, 7) is 7.69. The summed E-state index contributed by atoms with van der Waals surface area (Å²) in [7, 11) is 6.45. The molecule has 84 heavy (non-hydrogen) atoms. The van der Waals surface area contributed by atoms with Crippen molar-refractivity contribution >= 4 is 105 Å². The monoisotopic (exact) mass is 1240 g/mol. The average molecular weight is 1240 g/mol. The van der Waals surface area contributed by atoms with Gasteiger partial charge in [0.25, 0.3) is 35.4 Å². The lowest BCUT2D eigenvalue weighted by molar-refractivity contribution is -0.152. The summed E-state index contributed by atoms with van der Waals surface area (Å²) < 4.78 is 11.2. The number of rotatable bonds is 23. The second-order valence-electron chi connectivity index (χ2n) is 25.3. The van der Waals surface area contributed by atoms with Crippen molar-refractivity contribution in [3.63, 3.8) is 0 Å². The number of hydrogen-bond acceptors (Lipinski definition) is 18. The molecule has 2 atom stereocenters. The standard InChI is InChI=1S/C58H84N10O12S4/c1-5-7-21-63-45(69)41(47(71)67(53(63)77)39-11-17-55(18-12-39)33-57(34-55)49(73)61(3)51(75)65(57)29-37-15-23-79-31-37)43(59)81-25-9-27-83-84-28-10-26-82-44(60)42-46(70)64(22-8-6-2)54(78)68(48(42)72)40-13-19-56(20-14-40)35-58(36-56)50(74)62(4)52(76)66(58)30-38-16-24-80-32-38/h37-40H,5-36,59-60H2,1-4H3/b43-41-,44-42-/t37-,38-,39?,40?,55?,56?,57?,58?/m0/s1. The van der Waals surface area contributed by atoms with Gasteiger partial charge in [-0.25, -0.2) is 19.2 Å². The third-order valence-corrected chi connectivity index (χ3v) is 24.4. The molecule has 10 rings (SSSR count). The minimum atomic E-state index is -0.871. The lowest BCUT2D eigenvalue weighted by Gasteiger charge is -2.59. The smallest absolute Gasteiger partial charge is 0.334 e. The van der Waals surface area contributed by atoms with Crippen LogP contribution in [0, 0.1) is 22.7 Å². The fourth-order valence-electron chi connectivity index (χ4n) is 15.2. The number of likely N-dealkylation sites (N-methyl/N-ethyl adjacent to an activating group) is 2. The van der Waals surface area contributed by atoms with E-state index in [9.17, 15) is 47.9 Å². The fourth-order valence-corrected chi connectivity index (χ4v) is 19.4. The normalized spacial score (nSPS) is 33.3. The molecule has 4 saturated carbocycles. The van der Waals surface area contributed by atoms with E-state index in [4.69, 9.17) is 20.9 Å². The van der Waals surface area contributed by atoms with E-state index in [1.165, 1.54) is 52.9 Å². The summed E-state index contributed by atoms with van der Waals surface area (Å²) in [6.07, 6.45) is 12.8. The maximum absolute atomic E-state index is 14.3. The van der Waals surface area contributed by atoms with Gasteiger partial charge in [0.05, 0.1) is 23.3 Å². The van der Waals surface area contributed by atoms with Gasteiger partial charge in [-0.3, -0.25) is 58.2 Å². The summed E-state index contributed by atoms with van der Waals surface area (Å²) in [5.41, 5.74) is 10.7. The van der Waals surface area contributed by atoms with Gasteiger partial charge in [0.1, 0.15) is 22.2 Å². The van der Waals surface area contributed by atoms with E-state index in [-0.39, 0.29) is 80.8 Å². The van der Waals surface area contributed by atoms with Crippen LogP contribution >= 0.6 is 45.1 Å². The van der Waals surface area contributed by atoms with Gasteiger partial charge < -0.3 is 30.7 Å². The van der Waals surface area contributed by atoms with Crippen molar-refractivity contribution in [2.24, 2.45) is 34.1 Å². The molecule has 0 bridgehead atoms. The first kappa shape index (κ1) is 62.5. The summed E-state index contributed by atoms with van der Waals surface area (Å²) in [4.78, 5) is 149. The first-order valence-corrected chi connectivity index (χ1v) is 35.0. The van der Waals surface area contributed by atoms with Crippen LogP contribution in [-0.2, 0) is 38.2 Å². The van der Waals surface area contributed by atoms with E-state index < -0.39 is 58.9 Å². The van der Waals surface area contributed by atoms with Crippen molar-refractivity contribution in [3.05, 3.63) is 21.2 Å². The van der Waals surface area contributed by atoms with E-state index in [2.05, 4.69) is 0 Å². The molecule has 6 saturated heterocycles. The summed E-state index contributed by atoms with van der Waals surface area (Å²) in [5, 5.41) is 0.191. The number of thioether (sulfide) groups is 2. The molecule has 26 heteroatoms. The fraction of sp³-hybridized carbons (Fsp3) is 0.759. The van der Waals surface area contributed by atoms with Crippen molar-refractivity contribution in [3.8, 4) is 0 Å². The zero-order valence-electron chi connectivity index (χ0n) is 49.2. The van der Waals surface area contributed by atoms with Crippen LogP contribution in [0.4, 0.5) is 19.2 Å². The zero-order chi connectivity index (χ0) is 59.9. The predicted octanol–water partition coefficient (Wildman–Crippen LogP) is 6.92. The number of ether oxygens (including phenoxy) is 2. The molecule has 0 unspecified atom stereocenters. The van der Waals surface area contributed by atoms with Crippen molar-refractivity contribution < 1.29 is 57.4 Å². The number of amides is 14. The van der Waals surface area contributed by atoms with Crippen LogP contribution in [0.1, 0.15) is 142 Å². The number of barbiturate groups is 2. The zero-order valence-corrected chi connectivity index (χ0v) is 52.5. The molecule has 0 aromatic rings. The highest BCUT2D eigenvalue weighted by Gasteiger charge is 2.70. The van der Waals surface area contributed by atoms with Crippen LogP contribution in [0.3, 0.4) is 0 Å². The molecule has 22 nitrogen and oxygen atoms in total. The lowest BCUT2D eigenvalue weighted by atomic mass is 9.51. The molecule has 4 N–H and O–H groups in total. The number of unbranched alkanes of at least 4 members (excludes halogenated alkanes) is 2. The number of hydrogen-bond donors (Lipinski definition) is 2. The largest absolute Gasteiger partial charge is 0.393 e. The Kier molecular flexibility index (Phi) is 19.1. The van der Waals surface area contributed by atoms with Gasteiger partial charge in [-0.05, 0) is 126 Å². The molecule has 14 amide bonds. The first-order chi connectivity index (χ1) is 40.3. The van der Waals surface area contributed by atoms with Gasteiger partial charge in [0, 0.05) is 100 Å². The maximum atomic E-state index is 14.3. The van der Waals surface area contributed by atoms with Gasteiger partial charge in [0.2, 0.25) is 0 Å². The molecule has 0 aromatic carbocycles. The second kappa shape index (κ2) is 25.7. The number of urea groups is 4. The molecule has 6 aliphatic heterocycles. The van der Waals surface area contributed by atoms with Crippen molar-refractivity contribution in [2.45, 2.75) is 165 Å². The van der Waals surface area contributed by atoms with Crippen LogP contribution in [0.5, 0.6) is 0 Å². The summed E-state index contributed by atoms with van der Waals surface area (Å²) in [5.74, 6) is -0.0132. The van der Waals surface area contributed by atoms with Crippen LogP contribution in [0.15, 0.2) is 21.2 Å². The molecule has 6 heterocycles. The number of carbonyl (C=O) groups excluding carboxylic acids is 10. The third kappa shape index (κ3) is 11.5. The Morgan fingerprint density at radius 3 is 1.20 bits per heavy atom. The summed E-state index contributed by atoms with van der Waals surface area (Å²) >= 11 is 2.47.